The molecule has 0 amide bonds. The molecule has 0 aliphatic carbocycles. The molecule has 0 radical (unpaired) electrons. The molecule has 0 spiro atoms. The average Bonchev–Trinajstić information content (AvgIpc) is 2.47. The van der Waals surface area contributed by atoms with E-state index in [-0.39, 0.29) is 0 Å². The van der Waals surface area contributed by atoms with E-state index in [9.17, 15) is 0 Å². The van der Waals surface area contributed by atoms with Crippen molar-refractivity contribution in [1.82, 2.24) is 9.97 Å². The van der Waals surface area contributed by atoms with Gasteiger partial charge < -0.3 is 10.2 Å². The SMILES string of the molecule is CCNc1nc(N2CCCCCCC2)c2ccccc2n1. The van der Waals surface area contributed by atoms with E-state index >= 15 is 0 Å². The Kier molecular flexibility index (Phi) is 4.53. The fourth-order valence-corrected chi connectivity index (χ4v) is 3.00. The molecule has 1 aromatic heterocycles. The van der Waals surface area contributed by atoms with Gasteiger partial charge in [-0.3, -0.25) is 0 Å². The van der Waals surface area contributed by atoms with Crippen LogP contribution >= 0.6 is 0 Å². The van der Waals surface area contributed by atoms with Crippen LogP contribution in [0, 0.1) is 0 Å². The molecule has 4 nitrogen and oxygen atoms in total. The maximum absolute atomic E-state index is 4.79. The summed E-state index contributed by atoms with van der Waals surface area (Å²) in [5.74, 6) is 1.84. The van der Waals surface area contributed by atoms with E-state index < -0.39 is 0 Å². The zero-order chi connectivity index (χ0) is 14.5. The van der Waals surface area contributed by atoms with Crippen molar-refractivity contribution >= 4 is 22.7 Å². The van der Waals surface area contributed by atoms with E-state index in [0.717, 1.165) is 36.9 Å². The van der Waals surface area contributed by atoms with Gasteiger partial charge in [-0.15, -0.1) is 0 Å². The number of nitrogens with one attached hydrogen (secondary N) is 1. The summed E-state index contributed by atoms with van der Waals surface area (Å²) in [7, 11) is 0. The van der Waals surface area contributed by atoms with Crippen LogP contribution in [0.5, 0.6) is 0 Å². The summed E-state index contributed by atoms with van der Waals surface area (Å²) >= 11 is 0. The number of nitrogens with zero attached hydrogens (tertiary/aromatic N) is 3. The second-order valence-electron chi connectivity index (χ2n) is 5.67. The molecule has 112 valence electrons. The number of hydrogen-bond donors (Lipinski definition) is 1. The van der Waals surface area contributed by atoms with Crippen LogP contribution in [0.4, 0.5) is 11.8 Å². The van der Waals surface area contributed by atoms with Gasteiger partial charge in [0, 0.05) is 25.0 Å². The molecule has 0 unspecified atom stereocenters. The van der Waals surface area contributed by atoms with Crippen molar-refractivity contribution in [2.24, 2.45) is 0 Å². The van der Waals surface area contributed by atoms with E-state index in [0.29, 0.717) is 0 Å². The quantitative estimate of drug-likeness (QED) is 0.930. The zero-order valence-electron chi connectivity index (χ0n) is 12.8. The summed E-state index contributed by atoms with van der Waals surface area (Å²) in [5, 5.41) is 4.42. The third-order valence-electron chi connectivity index (χ3n) is 4.07. The lowest BCUT2D eigenvalue weighted by Crippen LogP contribution is -2.28. The fourth-order valence-electron chi connectivity index (χ4n) is 3.00. The molecule has 2 aromatic rings. The van der Waals surface area contributed by atoms with Gasteiger partial charge in [-0.05, 0) is 31.9 Å². The van der Waals surface area contributed by atoms with E-state index in [1.807, 2.05) is 6.07 Å². The summed E-state index contributed by atoms with van der Waals surface area (Å²) in [4.78, 5) is 11.9. The largest absolute Gasteiger partial charge is 0.356 e. The average molecular weight is 284 g/mol. The molecule has 1 aromatic carbocycles. The molecule has 0 atom stereocenters. The van der Waals surface area contributed by atoms with Crippen molar-refractivity contribution in [3.05, 3.63) is 24.3 Å². The number of hydrogen-bond acceptors (Lipinski definition) is 4. The minimum atomic E-state index is 0.744. The summed E-state index contributed by atoms with van der Waals surface area (Å²) < 4.78 is 0. The normalized spacial score (nSPS) is 16.5. The molecule has 1 fully saturated rings. The number of rotatable bonds is 3. The van der Waals surface area contributed by atoms with E-state index in [1.165, 1.54) is 37.5 Å². The maximum atomic E-state index is 4.79. The highest BCUT2D eigenvalue weighted by atomic mass is 15.2. The van der Waals surface area contributed by atoms with E-state index in [2.05, 4.69) is 40.3 Å². The summed E-state index contributed by atoms with van der Waals surface area (Å²) in [6.45, 7) is 5.13. The molecule has 1 aliphatic heterocycles. The minimum absolute atomic E-state index is 0.744. The molecule has 21 heavy (non-hydrogen) atoms. The molecular formula is C17H24N4. The Labute approximate surface area is 126 Å². The summed E-state index contributed by atoms with van der Waals surface area (Å²) in [5.41, 5.74) is 1.03. The molecule has 3 rings (SSSR count). The number of aromatic nitrogens is 2. The Hall–Kier alpha value is -1.84. The lowest BCUT2D eigenvalue weighted by atomic mass is 10.1. The van der Waals surface area contributed by atoms with Gasteiger partial charge in [-0.25, -0.2) is 4.98 Å². The molecular weight excluding hydrogens is 260 g/mol. The van der Waals surface area contributed by atoms with Gasteiger partial charge in [0.2, 0.25) is 5.95 Å². The number of para-hydroxylation sites is 1. The Bertz CT molecular complexity index is 588. The lowest BCUT2D eigenvalue weighted by molar-refractivity contribution is 0.554. The first-order valence-corrected chi connectivity index (χ1v) is 8.14. The Morgan fingerprint density at radius 3 is 2.48 bits per heavy atom. The maximum Gasteiger partial charge on any atom is 0.225 e. The van der Waals surface area contributed by atoms with Crippen molar-refractivity contribution in [2.45, 2.75) is 39.0 Å². The van der Waals surface area contributed by atoms with Gasteiger partial charge in [0.1, 0.15) is 5.82 Å². The Morgan fingerprint density at radius 2 is 1.71 bits per heavy atom. The van der Waals surface area contributed by atoms with Gasteiger partial charge in [0.15, 0.2) is 0 Å². The monoisotopic (exact) mass is 284 g/mol. The van der Waals surface area contributed by atoms with E-state index in [1.54, 1.807) is 0 Å². The third-order valence-corrected chi connectivity index (χ3v) is 4.07. The van der Waals surface area contributed by atoms with Crippen LogP contribution in [0.25, 0.3) is 10.9 Å². The summed E-state index contributed by atoms with van der Waals surface area (Å²) in [6.07, 6.45) is 6.56. The highest BCUT2D eigenvalue weighted by Gasteiger charge is 2.15. The van der Waals surface area contributed by atoms with Crippen LogP contribution in [0.1, 0.15) is 39.0 Å². The molecule has 0 bridgehead atoms. The molecule has 1 aliphatic rings. The fraction of sp³-hybridized carbons (Fsp3) is 0.529. The highest BCUT2D eigenvalue weighted by molar-refractivity contribution is 5.90. The molecule has 0 saturated carbocycles. The Morgan fingerprint density at radius 1 is 1.00 bits per heavy atom. The topological polar surface area (TPSA) is 41.1 Å². The first-order valence-electron chi connectivity index (χ1n) is 8.14. The van der Waals surface area contributed by atoms with Crippen molar-refractivity contribution in [1.29, 1.82) is 0 Å². The smallest absolute Gasteiger partial charge is 0.225 e. The van der Waals surface area contributed by atoms with Gasteiger partial charge in [-0.2, -0.15) is 4.98 Å². The van der Waals surface area contributed by atoms with Gasteiger partial charge in [-0.1, -0.05) is 31.4 Å². The molecule has 2 heterocycles. The van der Waals surface area contributed by atoms with Crippen molar-refractivity contribution < 1.29 is 0 Å². The first kappa shape index (κ1) is 14.1. The van der Waals surface area contributed by atoms with Crippen LogP contribution in [0.15, 0.2) is 24.3 Å². The van der Waals surface area contributed by atoms with Crippen molar-refractivity contribution in [3.63, 3.8) is 0 Å². The first-order chi connectivity index (χ1) is 10.4. The standard InChI is InChI=1S/C17H24N4/c1-2-18-17-19-15-11-7-6-10-14(15)16(20-17)21-12-8-4-3-5-9-13-21/h6-7,10-11H,2-5,8-9,12-13H2,1H3,(H,18,19,20). The zero-order valence-corrected chi connectivity index (χ0v) is 12.8. The van der Waals surface area contributed by atoms with Crippen molar-refractivity contribution in [2.75, 3.05) is 29.9 Å². The number of fused-ring (bicyclic) bond motifs is 1. The van der Waals surface area contributed by atoms with Crippen LogP contribution in [0.3, 0.4) is 0 Å². The van der Waals surface area contributed by atoms with Crippen LogP contribution in [-0.4, -0.2) is 29.6 Å². The predicted octanol–water partition coefficient (Wildman–Crippen LogP) is 3.83. The lowest BCUT2D eigenvalue weighted by Gasteiger charge is -2.27. The van der Waals surface area contributed by atoms with Crippen molar-refractivity contribution in [3.8, 4) is 0 Å². The molecule has 1 N–H and O–H groups in total. The molecule has 4 heteroatoms. The van der Waals surface area contributed by atoms with Gasteiger partial charge in [0.25, 0.3) is 0 Å². The Balaban J connectivity index is 2.01. The minimum Gasteiger partial charge on any atom is -0.356 e. The van der Waals surface area contributed by atoms with Crippen LogP contribution < -0.4 is 10.2 Å². The summed E-state index contributed by atoms with van der Waals surface area (Å²) in [6, 6.07) is 8.33. The number of anilines is 2. The van der Waals surface area contributed by atoms with Crippen LogP contribution in [-0.2, 0) is 0 Å². The molecule has 1 saturated heterocycles. The third kappa shape index (κ3) is 3.26. The second kappa shape index (κ2) is 6.74. The highest BCUT2D eigenvalue weighted by Crippen LogP contribution is 2.27. The van der Waals surface area contributed by atoms with Crippen LogP contribution in [0.2, 0.25) is 0 Å². The van der Waals surface area contributed by atoms with E-state index in [4.69, 9.17) is 4.98 Å². The number of benzene rings is 1. The second-order valence-corrected chi connectivity index (χ2v) is 5.67. The van der Waals surface area contributed by atoms with Gasteiger partial charge in [0.05, 0.1) is 5.52 Å². The predicted molar refractivity (Wildman–Crippen MR) is 89.0 cm³/mol. The van der Waals surface area contributed by atoms with Gasteiger partial charge >= 0.3 is 0 Å².